The first kappa shape index (κ1) is 15.8. The molecule has 1 aromatic carbocycles. The molecule has 0 spiro atoms. The van der Waals surface area contributed by atoms with Gasteiger partial charge in [0.25, 0.3) is 5.91 Å². The number of para-hydroxylation sites is 1. The van der Waals surface area contributed by atoms with Crippen molar-refractivity contribution in [1.82, 2.24) is 19.9 Å². The Labute approximate surface area is 148 Å². The zero-order valence-corrected chi connectivity index (χ0v) is 14.4. The molecule has 1 atom stereocenters. The van der Waals surface area contributed by atoms with Gasteiger partial charge in [0.05, 0.1) is 36.3 Å². The first-order valence-electron chi connectivity index (χ1n) is 7.90. The van der Waals surface area contributed by atoms with E-state index >= 15 is 0 Å². The van der Waals surface area contributed by atoms with Crippen molar-refractivity contribution in [3.63, 3.8) is 0 Å². The first-order chi connectivity index (χ1) is 12.2. The van der Waals surface area contributed by atoms with E-state index in [-0.39, 0.29) is 12.0 Å². The lowest BCUT2D eigenvalue weighted by Gasteiger charge is -2.15. The number of hydrogen-bond donors (Lipinski definition) is 0. The molecule has 0 N–H and O–H groups in total. The van der Waals surface area contributed by atoms with Gasteiger partial charge in [-0.05, 0) is 12.1 Å². The molecule has 0 radical (unpaired) electrons. The predicted molar refractivity (Wildman–Crippen MR) is 93.1 cm³/mol. The Kier molecular flexibility index (Phi) is 4.19. The maximum absolute atomic E-state index is 12.7. The van der Waals surface area contributed by atoms with Crippen molar-refractivity contribution in [2.75, 3.05) is 20.2 Å². The Morgan fingerprint density at radius 2 is 2.08 bits per heavy atom. The molecule has 2 aromatic heterocycles. The lowest BCUT2D eigenvalue weighted by molar-refractivity contribution is 0.0770. The van der Waals surface area contributed by atoms with Gasteiger partial charge in [0, 0.05) is 13.0 Å². The highest BCUT2D eigenvalue weighted by Crippen LogP contribution is 2.25. The average molecular weight is 356 g/mol. The zero-order valence-electron chi connectivity index (χ0n) is 13.6. The van der Waals surface area contributed by atoms with E-state index in [4.69, 9.17) is 9.47 Å². The lowest BCUT2D eigenvalue weighted by atomic mass is 10.3. The van der Waals surface area contributed by atoms with Gasteiger partial charge in [-0.3, -0.25) is 9.78 Å². The molecule has 1 aliphatic rings. The molecular formula is C17H16N4O3S. The van der Waals surface area contributed by atoms with Crippen LogP contribution in [0.5, 0.6) is 11.8 Å². The summed E-state index contributed by atoms with van der Waals surface area (Å²) >= 11 is 1.42. The highest BCUT2D eigenvalue weighted by molar-refractivity contribution is 7.20. The summed E-state index contributed by atoms with van der Waals surface area (Å²) in [6.07, 6.45) is 3.69. The average Bonchev–Trinajstić information content (AvgIpc) is 3.28. The molecule has 1 aliphatic heterocycles. The summed E-state index contributed by atoms with van der Waals surface area (Å²) in [6, 6.07) is 7.76. The second-order valence-corrected chi connectivity index (χ2v) is 6.70. The molecule has 3 heterocycles. The number of methoxy groups -OCH3 is 1. The van der Waals surface area contributed by atoms with Gasteiger partial charge in [0.2, 0.25) is 11.8 Å². The van der Waals surface area contributed by atoms with Gasteiger partial charge in [-0.15, -0.1) is 11.3 Å². The van der Waals surface area contributed by atoms with Crippen molar-refractivity contribution in [3.8, 4) is 11.8 Å². The summed E-state index contributed by atoms with van der Waals surface area (Å²) in [5.41, 5.74) is 0.856. The number of carbonyl (C=O) groups is 1. The third-order valence-corrected chi connectivity index (χ3v) is 5.02. The van der Waals surface area contributed by atoms with E-state index in [2.05, 4.69) is 15.0 Å². The SMILES string of the molecule is COc1cncc(O[C@H]2CCN(C(=O)c3nc4ccccc4s3)C2)n1. The van der Waals surface area contributed by atoms with Gasteiger partial charge >= 0.3 is 0 Å². The molecular weight excluding hydrogens is 340 g/mol. The molecule has 1 saturated heterocycles. The minimum absolute atomic E-state index is 0.0518. The number of ether oxygens (including phenoxy) is 2. The number of aromatic nitrogens is 3. The fraction of sp³-hybridized carbons (Fsp3) is 0.294. The molecule has 128 valence electrons. The van der Waals surface area contributed by atoms with Crippen LogP contribution in [0.3, 0.4) is 0 Å². The number of hydrogen-bond acceptors (Lipinski definition) is 7. The largest absolute Gasteiger partial charge is 0.480 e. The molecule has 0 unspecified atom stereocenters. The molecule has 1 amide bonds. The van der Waals surface area contributed by atoms with E-state index in [0.29, 0.717) is 29.9 Å². The minimum atomic E-state index is -0.111. The summed E-state index contributed by atoms with van der Waals surface area (Å²) in [5, 5.41) is 0.517. The van der Waals surface area contributed by atoms with Crippen molar-refractivity contribution < 1.29 is 14.3 Å². The number of nitrogens with zero attached hydrogens (tertiary/aromatic N) is 4. The first-order valence-corrected chi connectivity index (χ1v) is 8.72. The molecule has 7 nitrogen and oxygen atoms in total. The van der Waals surface area contributed by atoms with E-state index in [0.717, 1.165) is 16.6 Å². The van der Waals surface area contributed by atoms with Crippen LogP contribution >= 0.6 is 11.3 Å². The van der Waals surface area contributed by atoms with Crippen molar-refractivity contribution in [2.45, 2.75) is 12.5 Å². The Balaban J connectivity index is 1.43. The van der Waals surface area contributed by atoms with Gasteiger partial charge in [0.15, 0.2) is 5.01 Å². The van der Waals surface area contributed by atoms with Crippen LogP contribution in [0.2, 0.25) is 0 Å². The maximum Gasteiger partial charge on any atom is 0.283 e. The van der Waals surface area contributed by atoms with Gasteiger partial charge in [-0.2, -0.15) is 4.98 Å². The monoisotopic (exact) mass is 356 g/mol. The standard InChI is InChI=1S/C17H16N4O3S/c1-23-14-8-18-9-15(20-14)24-11-6-7-21(10-11)17(22)16-19-12-4-2-3-5-13(12)25-16/h2-5,8-9,11H,6-7,10H2,1H3/t11-/m0/s1. The lowest BCUT2D eigenvalue weighted by Crippen LogP contribution is -2.30. The van der Waals surface area contributed by atoms with E-state index < -0.39 is 0 Å². The van der Waals surface area contributed by atoms with Crippen molar-refractivity contribution >= 4 is 27.5 Å². The predicted octanol–water partition coefficient (Wildman–Crippen LogP) is 2.39. The quantitative estimate of drug-likeness (QED) is 0.714. The number of amides is 1. The second-order valence-electron chi connectivity index (χ2n) is 5.67. The number of likely N-dealkylation sites (tertiary alicyclic amines) is 1. The van der Waals surface area contributed by atoms with Crippen molar-refractivity contribution in [3.05, 3.63) is 41.7 Å². The second kappa shape index (κ2) is 6.64. The van der Waals surface area contributed by atoms with Crippen LogP contribution < -0.4 is 9.47 Å². The van der Waals surface area contributed by atoms with Crippen LogP contribution in [0.1, 0.15) is 16.2 Å². The topological polar surface area (TPSA) is 77.4 Å². The van der Waals surface area contributed by atoms with Crippen LogP contribution in [-0.4, -0.2) is 52.1 Å². The maximum atomic E-state index is 12.7. The highest BCUT2D eigenvalue weighted by atomic mass is 32.1. The van der Waals surface area contributed by atoms with Crippen LogP contribution in [0.25, 0.3) is 10.2 Å². The summed E-state index contributed by atoms with van der Waals surface area (Å²) < 4.78 is 11.9. The number of thiazole rings is 1. The van der Waals surface area contributed by atoms with Gasteiger partial charge in [0.1, 0.15) is 6.10 Å². The third kappa shape index (κ3) is 3.25. The molecule has 4 rings (SSSR count). The smallest absolute Gasteiger partial charge is 0.283 e. The number of benzene rings is 1. The van der Waals surface area contributed by atoms with Crippen molar-refractivity contribution in [1.29, 1.82) is 0 Å². The minimum Gasteiger partial charge on any atom is -0.480 e. The fourth-order valence-electron chi connectivity index (χ4n) is 2.76. The Morgan fingerprint density at radius 3 is 2.92 bits per heavy atom. The molecule has 0 aliphatic carbocycles. The summed E-state index contributed by atoms with van der Waals surface area (Å²) in [7, 11) is 1.53. The highest BCUT2D eigenvalue weighted by Gasteiger charge is 2.30. The van der Waals surface area contributed by atoms with Crippen LogP contribution in [0.4, 0.5) is 0 Å². The van der Waals surface area contributed by atoms with E-state index in [1.165, 1.54) is 24.6 Å². The Morgan fingerprint density at radius 1 is 1.24 bits per heavy atom. The van der Waals surface area contributed by atoms with E-state index in [9.17, 15) is 4.79 Å². The van der Waals surface area contributed by atoms with Crippen LogP contribution in [0.15, 0.2) is 36.7 Å². The molecule has 25 heavy (non-hydrogen) atoms. The molecule has 0 saturated carbocycles. The zero-order chi connectivity index (χ0) is 17.2. The summed E-state index contributed by atoms with van der Waals surface area (Å²) in [5.74, 6) is 0.751. The molecule has 0 bridgehead atoms. The van der Waals surface area contributed by atoms with E-state index in [1.807, 2.05) is 24.3 Å². The molecule has 8 heteroatoms. The molecule has 1 fully saturated rings. The summed E-state index contributed by atoms with van der Waals surface area (Å²) in [6.45, 7) is 1.14. The normalized spacial score (nSPS) is 17.0. The number of fused-ring (bicyclic) bond motifs is 1. The van der Waals surface area contributed by atoms with E-state index in [1.54, 1.807) is 11.1 Å². The fourth-order valence-corrected chi connectivity index (χ4v) is 3.70. The van der Waals surface area contributed by atoms with Crippen LogP contribution in [-0.2, 0) is 0 Å². The Bertz CT molecular complexity index is 881. The summed E-state index contributed by atoms with van der Waals surface area (Å²) in [4.78, 5) is 27.1. The van der Waals surface area contributed by atoms with Crippen molar-refractivity contribution in [2.24, 2.45) is 0 Å². The van der Waals surface area contributed by atoms with Gasteiger partial charge in [-0.25, -0.2) is 4.98 Å². The number of rotatable bonds is 4. The molecule has 3 aromatic rings. The third-order valence-electron chi connectivity index (χ3n) is 4.00. The van der Waals surface area contributed by atoms with Crippen LogP contribution in [0, 0.1) is 0 Å². The van der Waals surface area contributed by atoms with Gasteiger partial charge in [-0.1, -0.05) is 12.1 Å². The number of carbonyl (C=O) groups excluding carboxylic acids is 1. The van der Waals surface area contributed by atoms with Gasteiger partial charge < -0.3 is 14.4 Å². The Hall–Kier alpha value is -2.74.